The lowest BCUT2D eigenvalue weighted by Gasteiger charge is -2.07. The molecule has 14 nitrogen and oxygen atoms in total. The minimum Gasteiger partial charge on any atom is -0.454 e. The quantitative estimate of drug-likeness (QED) is 0.182. The van der Waals surface area contributed by atoms with E-state index in [1.807, 2.05) is 0 Å². The number of rotatable bonds is 0. The lowest BCUT2D eigenvalue weighted by atomic mass is 10.4. The molecule has 1 aliphatic rings. The zero-order valence-corrected chi connectivity index (χ0v) is 14.5. The van der Waals surface area contributed by atoms with E-state index in [1.165, 1.54) is 0 Å². The highest BCUT2D eigenvalue weighted by molar-refractivity contribution is 6.60. The summed E-state index contributed by atoms with van der Waals surface area (Å²) >= 11 is 0. The van der Waals surface area contributed by atoms with Crippen molar-refractivity contribution < 1.29 is 57.2 Å². The lowest BCUT2D eigenvalue weighted by molar-refractivity contribution is -0.151. The van der Waals surface area contributed by atoms with E-state index in [0.717, 1.165) is 0 Å². The van der Waals surface area contributed by atoms with Crippen molar-refractivity contribution in [2.75, 3.05) is 52.9 Å². The summed E-state index contributed by atoms with van der Waals surface area (Å²) in [6, 6.07) is 0. The molecule has 0 unspecified atom stereocenters. The Morgan fingerprint density at radius 2 is 0.750 bits per heavy atom. The van der Waals surface area contributed by atoms with Gasteiger partial charge in [0.2, 0.25) is 0 Å². The van der Waals surface area contributed by atoms with Gasteiger partial charge in [0, 0.05) is 0 Å². The van der Waals surface area contributed by atoms with Gasteiger partial charge in [0.25, 0.3) is 0 Å². The van der Waals surface area contributed by atoms with Gasteiger partial charge in [-0.15, -0.1) is 0 Å². The fourth-order valence-electron chi connectivity index (χ4n) is 1.58. The fourth-order valence-corrected chi connectivity index (χ4v) is 1.58. The first-order valence-electron chi connectivity index (χ1n) is 7.79. The molecule has 1 heterocycles. The molecule has 0 saturated carbocycles. The van der Waals surface area contributed by atoms with Crippen molar-refractivity contribution in [2.24, 2.45) is 0 Å². The number of esters is 4. The van der Waals surface area contributed by atoms with E-state index in [9.17, 15) is 19.2 Å². The molecule has 0 amide bonds. The van der Waals surface area contributed by atoms with Gasteiger partial charge in [-0.05, 0) is 0 Å². The summed E-state index contributed by atoms with van der Waals surface area (Å²) in [7, 11) is 0. The SMILES string of the molecule is [N-]=[N+]=C1C(=O)OCCOCCOC(=O)C(=[N+]=[N-])C(=O)OCCOCCOC1=O. The van der Waals surface area contributed by atoms with Crippen molar-refractivity contribution in [3.63, 3.8) is 0 Å². The van der Waals surface area contributed by atoms with E-state index < -0.39 is 35.3 Å². The van der Waals surface area contributed by atoms with Crippen molar-refractivity contribution in [1.82, 2.24) is 0 Å². The largest absolute Gasteiger partial charge is 0.482 e. The number of hydrogen-bond donors (Lipinski definition) is 0. The number of cyclic esters (lactones) is 4. The molecule has 0 aromatic carbocycles. The van der Waals surface area contributed by atoms with Crippen LogP contribution in [0.3, 0.4) is 0 Å². The summed E-state index contributed by atoms with van der Waals surface area (Å²) in [5.41, 5.74) is 15.5. The molecule has 14 heteroatoms. The summed E-state index contributed by atoms with van der Waals surface area (Å²) in [6.45, 7) is -1.81. The van der Waals surface area contributed by atoms with Gasteiger partial charge < -0.3 is 39.5 Å². The van der Waals surface area contributed by atoms with Crippen LogP contribution < -0.4 is 0 Å². The third kappa shape index (κ3) is 7.85. The van der Waals surface area contributed by atoms with Crippen molar-refractivity contribution in [1.29, 1.82) is 0 Å². The monoisotopic (exact) mass is 400 g/mol. The zero-order chi connectivity index (χ0) is 20.8. The van der Waals surface area contributed by atoms with Crippen molar-refractivity contribution in [3.8, 4) is 0 Å². The van der Waals surface area contributed by atoms with Crippen LogP contribution in [-0.2, 0) is 47.6 Å². The smallest absolute Gasteiger partial charge is 0.454 e. The van der Waals surface area contributed by atoms with Gasteiger partial charge in [0.15, 0.2) is 0 Å². The van der Waals surface area contributed by atoms with Gasteiger partial charge >= 0.3 is 35.3 Å². The Bertz CT molecular complexity index is 605. The maximum absolute atomic E-state index is 11.6. The molecule has 28 heavy (non-hydrogen) atoms. The zero-order valence-electron chi connectivity index (χ0n) is 14.5. The van der Waals surface area contributed by atoms with Crippen LogP contribution in [-0.4, -0.2) is 97.7 Å². The molecule has 1 rings (SSSR count). The molecule has 0 aliphatic carbocycles. The van der Waals surface area contributed by atoms with E-state index in [2.05, 4.69) is 28.5 Å². The van der Waals surface area contributed by atoms with Crippen molar-refractivity contribution in [2.45, 2.75) is 0 Å². The Balaban J connectivity index is 2.66. The average molecular weight is 400 g/mol. The first-order chi connectivity index (χ1) is 13.5. The minimum absolute atomic E-state index is 0.145. The number of ether oxygens (including phenoxy) is 6. The predicted molar refractivity (Wildman–Crippen MR) is 82.7 cm³/mol. The second-order valence-corrected chi connectivity index (χ2v) is 4.67. The third-order valence-electron chi connectivity index (χ3n) is 2.82. The Labute approximate surface area is 157 Å². The van der Waals surface area contributed by atoms with Crippen molar-refractivity contribution in [3.05, 3.63) is 11.1 Å². The van der Waals surface area contributed by atoms with Gasteiger partial charge in [-0.1, -0.05) is 0 Å². The summed E-state index contributed by atoms with van der Waals surface area (Å²) < 4.78 is 28.6. The predicted octanol–water partition coefficient (Wildman–Crippen LogP) is -2.45. The van der Waals surface area contributed by atoms with Crippen LogP contribution in [0.2, 0.25) is 0 Å². The van der Waals surface area contributed by atoms with Gasteiger partial charge in [-0.2, -0.15) is 9.58 Å². The van der Waals surface area contributed by atoms with Crippen molar-refractivity contribution >= 4 is 35.3 Å². The maximum atomic E-state index is 11.6. The van der Waals surface area contributed by atoms with E-state index in [1.54, 1.807) is 0 Å². The third-order valence-corrected chi connectivity index (χ3v) is 2.82. The number of carbonyl (C=O) groups is 4. The Hall–Kier alpha value is -3.44. The summed E-state index contributed by atoms with van der Waals surface area (Å²) in [4.78, 5) is 51.5. The molecule has 1 fully saturated rings. The van der Waals surface area contributed by atoms with Crippen LogP contribution in [0, 0.1) is 0 Å². The van der Waals surface area contributed by atoms with E-state index in [4.69, 9.17) is 20.5 Å². The van der Waals surface area contributed by atoms with Crippen LogP contribution in [0.25, 0.3) is 11.1 Å². The fraction of sp³-hybridized carbons (Fsp3) is 0.571. The number of hydrogen-bond acceptors (Lipinski definition) is 10. The van der Waals surface area contributed by atoms with Gasteiger partial charge in [0.05, 0.1) is 26.4 Å². The summed E-state index contributed by atoms with van der Waals surface area (Å²) in [6.07, 6.45) is 0. The standard InChI is InChI=1S/C14H16N4O10/c15-17-9-11(19)25-5-1-23-2-6-26-13(21)10(18-16)14(22)28-8-4-24-3-7-27-12(9)20/h1-8H2. The minimum atomic E-state index is -1.23. The number of carbonyl (C=O) groups excluding carboxylic acids is 4. The molecule has 152 valence electrons. The molecule has 0 atom stereocenters. The van der Waals surface area contributed by atoms with Crippen LogP contribution >= 0.6 is 0 Å². The molecule has 0 aromatic rings. The summed E-state index contributed by atoms with van der Waals surface area (Å²) in [5, 5.41) is 0. The van der Waals surface area contributed by atoms with Gasteiger partial charge in [-0.3, -0.25) is 0 Å². The highest BCUT2D eigenvalue weighted by Crippen LogP contribution is 1.92. The molecule has 0 aromatic heterocycles. The molecule has 0 radical (unpaired) electrons. The molecular weight excluding hydrogens is 384 g/mol. The van der Waals surface area contributed by atoms with Gasteiger partial charge in [0.1, 0.15) is 26.4 Å². The topological polar surface area (TPSA) is 196 Å². The second kappa shape index (κ2) is 12.8. The first kappa shape index (κ1) is 22.6. The highest BCUT2D eigenvalue weighted by atomic mass is 16.6. The summed E-state index contributed by atoms with van der Waals surface area (Å²) in [5.74, 6) is -4.91. The first-order valence-corrected chi connectivity index (χ1v) is 7.79. The Kier molecular flexibility index (Phi) is 10.4. The van der Waals surface area contributed by atoms with Crippen LogP contribution in [0.15, 0.2) is 0 Å². The van der Waals surface area contributed by atoms with Crippen LogP contribution in [0.5, 0.6) is 0 Å². The molecule has 0 N–H and O–H groups in total. The lowest BCUT2D eigenvalue weighted by Crippen LogP contribution is -2.32. The molecule has 1 saturated heterocycles. The molecule has 0 bridgehead atoms. The number of nitrogens with zero attached hydrogens (tertiary/aromatic N) is 4. The highest BCUT2D eigenvalue weighted by Gasteiger charge is 2.34. The second-order valence-electron chi connectivity index (χ2n) is 4.67. The Morgan fingerprint density at radius 3 is 0.964 bits per heavy atom. The molecular formula is C14H16N4O10. The van der Waals surface area contributed by atoms with Gasteiger partial charge in [-0.25, -0.2) is 19.2 Å². The average Bonchev–Trinajstić information content (AvgIpc) is 2.66. The van der Waals surface area contributed by atoms with E-state index in [0.29, 0.717) is 0 Å². The van der Waals surface area contributed by atoms with E-state index >= 15 is 0 Å². The molecule has 0 spiro atoms. The normalized spacial score (nSPS) is 19.3. The van der Waals surface area contributed by atoms with Crippen LogP contribution in [0.1, 0.15) is 0 Å². The molecule has 1 aliphatic heterocycles. The maximum Gasteiger partial charge on any atom is 0.482 e. The van der Waals surface area contributed by atoms with Crippen LogP contribution in [0.4, 0.5) is 0 Å². The van der Waals surface area contributed by atoms with E-state index in [-0.39, 0.29) is 52.9 Å². The Morgan fingerprint density at radius 1 is 0.500 bits per heavy atom.